The van der Waals surface area contributed by atoms with Crippen molar-refractivity contribution >= 4 is 17.7 Å². The highest BCUT2D eigenvalue weighted by molar-refractivity contribution is 7.99. The smallest absolute Gasteiger partial charge is 0.233 e. The Hall–Kier alpha value is -2.54. The van der Waals surface area contributed by atoms with Crippen LogP contribution in [0.1, 0.15) is 17.1 Å². The van der Waals surface area contributed by atoms with E-state index in [9.17, 15) is 4.79 Å². The molecule has 0 aliphatic heterocycles. The lowest BCUT2D eigenvalue weighted by Crippen LogP contribution is -2.27. The Morgan fingerprint density at radius 1 is 1.20 bits per heavy atom. The van der Waals surface area contributed by atoms with E-state index in [1.807, 2.05) is 54.8 Å². The van der Waals surface area contributed by atoms with E-state index in [-0.39, 0.29) is 5.91 Å². The van der Waals surface area contributed by atoms with Crippen LogP contribution in [0.4, 0.5) is 0 Å². The molecule has 6 nitrogen and oxygen atoms in total. The molecule has 0 N–H and O–H groups in total. The number of aromatic nitrogens is 3. The Morgan fingerprint density at radius 2 is 1.96 bits per heavy atom. The Bertz CT molecular complexity index is 841. The quantitative estimate of drug-likeness (QED) is 0.635. The SMILES string of the molecule is Cc1ccc(-n2c(C)nnc2SCC(=O)N(C)Cc2ccco2)cc1. The minimum Gasteiger partial charge on any atom is -0.467 e. The van der Waals surface area contributed by atoms with Crippen LogP contribution in [0.15, 0.2) is 52.2 Å². The standard InChI is InChI=1S/C18H20N4O2S/c1-13-6-8-15(9-7-13)22-14(2)19-20-18(22)25-12-17(23)21(3)11-16-5-4-10-24-16/h4-10H,11-12H2,1-3H3. The molecule has 130 valence electrons. The predicted octanol–water partition coefficient (Wildman–Crippen LogP) is 3.23. The number of amides is 1. The van der Waals surface area contributed by atoms with Gasteiger partial charge in [0.25, 0.3) is 0 Å². The van der Waals surface area contributed by atoms with Crippen molar-refractivity contribution in [2.75, 3.05) is 12.8 Å². The number of aryl methyl sites for hydroxylation is 2. The molecule has 0 fully saturated rings. The molecule has 7 heteroatoms. The number of thioether (sulfide) groups is 1. The van der Waals surface area contributed by atoms with Crippen molar-refractivity contribution in [3.05, 3.63) is 59.8 Å². The monoisotopic (exact) mass is 356 g/mol. The Morgan fingerprint density at radius 3 is 2.64 bits per heavy atom. The lowest BCUT2D eigenvalue weighted by Gasteiger charge is -2.15. The molecule has 2 heterocycles. The van der Waals surface area contributed by atoms with Crippen molar-refractivity contribution in [2.45, 2.75) is 25.5 Å². The van der Waals surface area contributed by atoms with Gasteiger partial charge in [0, 0.05) is 12.7 Å². The fraction of sp³-hybridized carbons (Fsp3) is 0.278. The van der Waals surface area contributed by atoms with E-state index in [0.717, 1.165) is 17.3 Å². The lowest BCUT2D eigenvalue weighted by molar-refractivity contribution is -0.127. The number of carbonyl (C=O) groups excluding carboxylic acids is 1. The van der Waals surface area contributed by atoms with Crippen LogP contribution in [0.2, 0.25) is 0 Å². The van der Waals surface area contributed by atoms with Crippen molar-refractivity contribution in [1.82, 2.24) is 19.7 Å². The number of rotatable bonds is 6. The molecule has 1 aromatic carbocycles. The van der Waals surface area contributed by atoms with Gasteiger partial charge in [0.2, 0.25) is 5.91 Å². The minimum absolute atomic E-state index is 0.0116. The van der Waals surface area contributed by atoms with Gasteiger partial charge in [-0.1, -0.05) is 29.5 Å². The Kier molecular flexibility index (Phi) is 5.23. The number of furan rings is 1. The molecule has 1 amide bonds. The number of hydrogen-bond acceptors (Lipinski definition) is 5. The van der Waals surface area contributed by atoms with Gasteiger partial charge in [-0.15, -0.1) is 10.2 Å². The van der Waals surface area contributed by atoms with Crippen LogP contribution in [0, 0.1) is 13.8 Å². The Labute approximate surface area is 150 Å². The van der Waals surface area contributed by atoms with E-state index in [4.69, 9.17) is 4.42 Å². The zero-order valence-corrected chi connectivity index (χ0v) is 15.3. The molecule has 0 saturated carbocycles. The lowest BCUT2D eigenvalue weighted by atomic mass is 10.2. The molecular formula is C18H20N4O2S. The average Bonchev–Trinajstić information content (AvgIpc) is 3.23. The summed E-state index contributed by atoms with van der Waals surface area (Å²) in [6, 6.07) is 11.8. The number of hydrogen-bond donors (Lipinski definition) is 0. The maximum atomic E-state index is 12.3. The number of benzene rings is 1. The van der Waals surface area contributed by atoms with Crippen molar-refractivity contribution in [3.63, 3.8) is 0 Å². The first kappa shape index (κ1) is 17.3. The fourth-order valence-corrected chi connectivity index (χ4v) is 3.33. The summed E-state index contributed by atoms with van der Waals surface area (Å²) in [5.74, 6) is 1.86. The summed E-state index contributed by atoms with van der Waals surface area (Å²) in [5, 5.41) is 9.07. The van der Waals surface area contributed by atoms with E-state index >= 15 is 0 Å². The van der Waals surface area contributed by atoms with Crippen molar-refractivity contribution < 1.29 is 9.21 Å². The molecule has 0 radical (unpaired) electrons. The van der Waals surface area contributed by atoms with Crippen molar-refractivity contribution in [2.24, 2.45) is 0 Å². The van der Waals surface area contributed by atoms with Gasteiger partial charge >= 0.3 is 0 Å². The van der Waals surface area contributed by atoms with Crippen LogP contribution in [0.5, 0.6) is 0 Å². The van der Waals surface area contributed by atoms with Crippen LogP contribution in [0.3, 0.4) is 0 Å². The fourth-order valence-electron chi connectivity index (χ4n) is 2.39. The molecule has 0 aliphatic rings. The van der Waals surface area contributed by atoms with Crippen molar-refractivity contribution in [1.29, 1.82) is 0 Å². The summed E-state index contributed by atoms with van der Waals surface area (Å²) < 4.78 is 7.24. The van der Waals surface area contributed by atoms with E-state index in [1.165, 1.54) is 17.3 Å². The van der Waals surface area contributed by atoms with Gasteiger partial charge in [-0.3, -0.25) is 9.36 Å². The molecule has 3 rings (SSSR count). The maximum Gasteiger partial charge on any atom is 0.233 e. The zero-order valence-electron chi connectivity index (χ0n) is 14.5. The topological polar surface area (TPSA) is 64.2 Å². The summed E-state index contributed by atoms with van der Waals surface area (Å²) in [6.45, 7) is 4.41. The second-order valence-corrected chi connectivity index (χ2v) is 6.76. The normalized spacial score (nSPS) is 10.8. The molecular weight excluding hydrogens is 336 g/mol. The first-order valence-electron chi connectivity index (χ1n) is 7.93. The van der Waals surface area contributed by atoms with Gasteiger partial charge in [0.1, 0.15) is 11.6 Å². The van der Waals surface area contributed by atoms with Gasteiger partial charge < -0.3 is 9.32 Å². The highest BCUT2D eigenvalue weighted by atomic mass is 32.2. The van der Waals surface area contributed by atoms with Crippen LogP contribution in [-0.4, -0.2) is 38.4 Å². The molecule has 0 aliphatic carbocycles. The highest BCUT2D eigenvalue weighted by Crippen LogP contribution is 2.22. The average molecular weight is 356 g/mol. The summed E-state index contributed by atoms with van der Waals surface area (Å²) in [5.41, 5.74) is 2.19. The molecule has 0 saturated heterocycles. The predicted molar refractivity (Wildman–Crippen MR) is 96.7 cm³/mol. The molecule has 3 aromatic rings. The first-order chi connectivity index (χ1) is 12.0. The summed E-state index contributed by atoms with van der Waals surface area (Å²) >= 11 is 1.38. The van der Waals surface area contributed by atoms with Gasteiger partial charge in [-0.05, 0) is 38.1 Å². The van der Waals surface area contributed by atoms with E-state index in [2.05, 4.69) is 10.2 Å². The zero-order chi connectivity index (χ0) is 17.8. The minimum atomic E-state index is 0.0116. The van der Waals surface area contributed by atoms with Crippen LogP contribution >= 0.6 is 11.8 Å². The number of nitrogens with zero attached hydrogens (tertiary/aromatic N) is 4. The molecule has 0 bridgehead atoms. The largest absolute Gasteiger partial charge is 0.467 e. The number of carbonyl (C=O) groups is 1. The van der Waals surface area contributed by atoms with E-state index < -0.39 is 0 Å². The summed E-state index contributed by atoms with van der Waals surface area (Å²) in [4.78, 5) is 14.0. The van der Waals surface area contributed by atoms with Crippen molar-refractivity contribution in [3.8, 4) is 5.69 Å². The molecule has 0 unspecified atom stereocenters. The van der Waals surface area contributed by atoms with Crippen LogP contribution < -0.4 is 0 Å². The van der Waals surface area contributed by atoms with Gasteiger partial charge in [0.15, 0.2) is 5.16 Å². The van der Waals surface area contributed by atoms with Gasteiger partial charge in [-0.2, -0.15) is 0 Å². The molecule has 0 spiro atoms. The van der Waals surface area contributed by atoms with Crippen LogP contribution in [-0.2, 0) is 11.3 Å². The second kappa shape index (κ2) is 7.57. The third-order valence-corrected chi connectivity index (χ3v) is 4.72. The maximum absolute atomic E-state index is 12.3. The third kappa shape index (κ3) is 4.11. The molecule has 2 aromatic heterocycles. The molecule has 25 heavy (non-hydrogen) atoms. The summed E-state index contributed by atoms with van der Waals surface area (Å²) in [7, 11) is 1.77. The van der Waals surface area contributed by atoms with E-state index in [1.54, 1.807) is 18.2 Å². The third-order valence-electron chi connectivity index (χ3n) is 3.81. The van der Waals surface area contributed by atoms with E-state index in [0.29, 0.717) is 17.5 Å². The first-order valence-corrected chi connectivity index (χ1v) is 8.91. The molecule has 0 atom stereocenters. The second-order valence-electron chi connectivity index (χ2n) is 5.82. The van der Waals surface area contributed by atoms with Gasteiger partial charge in [-0.25, -0.2) is 0 Å². The Balaban J connectivity index is 1.67. The van der Waals surface area contributed by atoms with Gasteiger partial charge in [0.05, 0.1) is 18.6 Å². The summed E-state index contributed by atoms with van der Waals surface area (Å²) in [6.07, 6.45) is 1.61. The van der Waals surface area contributed by atoms with Crippen LogP contribution in [0.25, 0.3) is 5.69 Å². The highest BCUT2D eigenvalue weighted by Gasteiger charge is 2.16.